The van der Waals surface area contributed by atoms with Gasteiger partial charge >= 0.3 is 0 Å². The van der Waals surface area contributed by atoms with Crippen LogP contribution in [-0.4, -0.2) is 11.2 Å². The first-order valence-electron chi connectivity index (χ1n) is 7.36. The molecule has 0 saturated heterocycles. The molecule has 0 fully saturated rings. The molecule has 0 bridgehead atoms. The van der Waals surface area contributed by atoms with Gasteiger partial charge in [0.15, 0.2) is 0 Å². The summed E-state index contributed by atoms with van der Waals surface area (Å²) in [7, 11) is 0. The van der Waals surface area contributed by atoms with Gasteiger partial charge in [-0.15, -0.1) is 0 Å². The molecular formula is C17H32O. The minimum Gasteiger partial charge on any atom is -0.393 e. The molecule has 0 aromatic rings. The van der Waals surface area contributed by atoms with E-state index in [0.29, 0.717) is 5.92 Å². The molecule has 0 aliphatic rings. The van der Waals surface area contributed by atoms with Crippen molar-refractivity contribution in [1.82, 2.24) is 0 Å². The van der Waals surface area contributed by atoms with Crippen molar-refractivity contribution in [2.75, 3.05) is 0 Å². The van der Waals surface area contributed by atoms with E-state index in [0.717, 1.165) is 18.8 Å². The van der Waals surface area contributed by atoms with Crippen LogP contribution in [0.2, 0.25) is 0 Å². The zero-order valence-electron chi connectivity index (χ0n) is 13.1. The van der Waals surface area contributed by atoms with E-state index < -0.39 is 0 Å². The van der Waals surface area contributed by atoms with Gasteiger partial charge < -0.3 is 5.11 Å². The van der Waals surface area contributed by atoms with Gasteiger partial charge in [-0.25, -0.2) is 0 Å². The summed E-state index contributed by atoms with van der Waals surface area (Å²) in [6, 6.07) is 0. The molecule has 0 amide bonds. The lowest BCUT2D eigenvalue weighted by Gasteiger charge is -2.19. The topological polar surface area (TPSA) is 20.2 Å². The molecule has 1 N–H and O–H groups in total. The Balaban J connectivity index is 4.08. The van der Waals surface area contributed by atoms with Crippen molar-refractivity contribution < 1.29 is 5.11 Å². The molecule has 0 rings (SSSR count). The fourth-order valence-corrected chi connectivity index (χ4v) is 2.48. The van der Waals surface area contributed by atoms with E-state index in [-0.39, 0.29) is 12.0 Å². The van der Waals surface area contributed by atoms with Crippen LogP contribution in [0.5, 0.6) is 0 Å². The van der Waals surface area contributed by atoms with Crippen LogP contribution in [0.4, 0.5) is 0 Å². The van der Waals surface area contributed by atoms with Crippen molar-refractivity contribution in [2.45, 2.75) is 66.9 Å². The average molecular weight is 252 g/mol. The van der Waals surface area contributed by atoms with Crippen molar-refractivity contribution in [3.8, 4) is 0 Å². The Hall–Kier alpha value is -0.560. The fourth-order valence-electron chi connectivity index (χ4n) is 2.48. The maximum Gasteiger partial charge on any atom is 0.0600 e. The van der Waals surface area contributed by atoms with Crippen LogP contribution in [0.25, 0.3) is 0 Å². The zero-order valence-corrected chi connectivity index (χ0v) is 13.1. The van der Waals surface area contributed by atoms with Gasteiger partial charge in [-0.05, 0) is 44.9 Å². The first-order chi connectivity index (χ1) is 8.36. The van der Waals surface area contributed by atoms with Crippen LogP contribution in [0.15, 0.2) is 23.8 Å². The Morgan fingerprint density at radius 2 is 1.72 bits per heavy atom. The lowest BCUT2D eigenvalue weighted by atomic mass is 9.90. The van der Waals surface area contributed by atoms with Crippen molar-refractivity contribution in [3.05, 3.63) is 23.8 Å². The number of hydrogen-bond acceptors (Lipinski definition) is 1. The summed E-state index contributed by atoms with van der Waals surface area (Å²) in [6.07, 6.45) is 9.38. The predicted octanol–water partition coefficient (Wildman–Crippen LogP) is 4.97. The molecule has 106 valence electrons. The van der Waals surface area contributed by atoms with Crippen LogP contribution in [0.3, 0.4) is 0 Å². The molecule has 0 heterocycles. The number of aliphatic hydroxyl groups is 1. The van der Waals surface area contributed by atoms with E-state index in [2.05, 4.69) is 46.8 Å². The molecule has 0 aromatic heterocycles. The maximum atomic E-state index is 10.1. The third kappa shape index (κ3) is 8.52. The largest absolute Gasteiger partial charge is 0.393 e. The third-order valence-electron chi connectivity index (χ3n) is 3.39. The summed E-state index contributed by atoms with van der Waals surface area (Å²) >= 11 is 0. The van der Waals surface area contributed by atoms with E-state index in [4.69, 9.17) is 0 Å². The second kappa shape index (κ2) is 9.38. The number of allylic oxidation sites excluding steroid dienone is 3. The zero-order chi connectivity index (χ0) is 14.1. The van der Waals surface area contributed by atoms with Gasteiger partial charge in [0.1, 0.15) is 0 Å². The lowest BCUT2D eigenvalue weighted by molar-refractivity contribution is 0.119. The minimum absolute atomic E-state index is 0.209. The summed E-state index contributed by atoms with van der Waals surface area (Å²) in [5, 5.41) is 10.1. The van der Waals surface area contributed by atoms with Gasteiger partial charge in [0.25, 0.3) is 0 Å². The smallest absolute Gasteiger partial charge is 0.0600 e. The van der Waals surface area contributed by atoms with E-state index >= 15 is 0 Å². The highest BCUT2D eigenvalue weighted by Crippen LogP contribution is 2.20. The van der Waals surface area contributed by atoms with E-state index in [1.807, 2.05) is 13.0 Å². The molecule has 0 radical (unpaired) electrons. The molecule has 0 aliphatic heterocycles. The Labute approximate surface area is 114 Å². The molecule has 0 spiro atoms. The third-order valence-corrected chi connectivity index (χ3v) is 3.39. The standard InChI is InChI=1S/C17H32O/c1-7-8-14(4)12-16(6)17(18)10-9-15(5)11-13(2)3/h7-8,12-13,15-18H,9-11H2,1-6H3. The quantitative estimate of drug-likeness (QED) is 0.605. The van der Waals surface area contributed by atoms with E-state index in [1.54, 1.807) is 0 Å². The molecular weight excluding hydrogens is 220 g/mol. The van der Waals surface area contributed by atoms with Gasteiger partial charge in [-0.1, -0.05) is 51.5 Å². The van der Waals surface area contributed by atoms with Crippen molar-refractivity contribution in [1.29, 1.82) is 0 Å². The van der Waals surface area contributed by atoms with E-state index in [1.165, 1.54) is 12.0 Å². The summed E-state index contributed by atoms with van der Waals surface area (Å²) in [4.78, 5) is 0. The second-order valence-electron chi connectivity index (χ2n) is 6.15. The minimum atomic E-state index is -0.209. The van der Waals surface area contributed by atoms with Crippen molar-refractivity contribution in [2.24, 2.45) is 17.8 Å². The van der Waals surface area contributed by atoms with Gasteiger partial charge in [0.05, 0.1) is 6.10 Å². The van der Waals surface area contributed by atoms with Crippen LogP contribution in [-0.2, 0) is 0 Å². The van der Waals surface area contributed by atoms with Crippen LogP contribution >= 0.6 is 0 Å². The Morgan fingerprint density at radius 3 is 2.22 bits per heavy atom. The Morgan fingerprint density at radius 1 is 1.11 bits per heavy atom. The number of aliphatic hydroxyl groups excluding tert-OH is 1. The molecule has 3 unspecified atom stereocenters. The SMILES string of the molecule is CC=CC(C)=CC(C)C(O)CCC(C)CC(C)C. The molecule has 1 nitrogen and oxygen atoms in total. The highest BCUT2D eigenvalue weighted by molar-refractivity contribution is 5.16. The Kier molecular flexibility index (Phi) is 9.09. The second-order valence-corrected chi connectivity index (χ2v) is 6.15. The van der Waals surface area contributed by atoms with E-state index in [9.17, 15) is 5.11 Å². The normalized spacial score (nSPS) is 18.3. The monoisotopic (exact) mass is 252 g/mol. The maximum absolute atomic E-state index is 10.1. The molecule has 0 aromatic carbocycles. The summed E-state index contributed by atoms with van der Waals surface area (Å²) in [5.74, 6) is 1.71. The predicted molar refractivity (Wildman–Crippen MR) is 81.6 cm³/mol. The van der Waals surface area contributed by atoms with Crippen LogP contribution in [0, 0.1) is 17.8 Å². The van der Waals surface area contributed by atoms with Crippen molar-refractivity contribution >= 4 is 0 Å². The van der Waals surface area contributed by atoms with Gasteiger partial charge in [-0.2, -0.15) is 0 Å². The summed E-state index contributed by atoms with van der Waals surface area (Å²) < 4.78 is 0. The van der Waals surface area contributed by atoms with Gasteiger partial charge in [0.2, 0.25) is 0 Å². The molecule has 3 atom stereocenters. The summed E-state index contributed by atoms with van der Waals surface area (Å²) in [5.41, 5.74) is 1.24. The first kappa shape index (κ1) is 17.4. The number of hydrogen-bond donors (Lipinski definition) is 1. The molecule has 1 heteroatoms. The average Bonchev–Trinajstić information content (AvgIpc) is 2.25. The van der Waals surface area contributed by atoms with Crippen molar-refractivity contribution in [3.63, 3.8) is 0 Å². The first-order valence-corrected chi connectivity index (χ1v) is 7.36. The van der Waals surface area contributed by atoms with Gasteiger partial charge in [-0.3, -0.25) is 0 Å². The molecule has 18 heavy (non-hydrogen) atoms. The van der Waals surface area contributed by atoms with Crippen LogP contribution < -0.4 is 0 Å². The number of rotatable bonds is 8. The molecule has 0 saturated carbocycles. The Bertz CT molecular complexity index is 263. The summed E-state index contributed by atoms with van der Waals surface area (Å²) in [6.45, 7) is 13.0. The molecule has 0 aliphatic carbocycles. The van der Waals surface area contributed by atoms with Crippen LogP contribution in [0.1, 0.15) is 60.8 Å². The fraction of sp³-hybridized carbons (Fsp3) is 0.765. The van der Waals surface area contributed by atoms with Gasteiger partial charge in [0, 0.05) is 5.92 Å². The highest BCUT2D eigenvalue weighted by atomic mass is 16.3. The lowest BCUT2D eigenvalue weighted by Crippen LogP contribution is -2.17. The highest BCUT2D eigenvalue weighted by Gasteiger charge is 2.14.